The molecule has 7 nitrogen and oxygen atoms in total. The molecular weight excluding hydrogens is 344 g/mol. The highest BCUT2D eigenvalue weighted by molar-refractivity contribution is 6.07. The zero-order chi connectivity index (χ0) is 19.1. The van der Waals surface area contributed by atoms with E-state index in [2.05, 4.69) is 20.6 Å². The predicted octanol–water partition coefficient (Wildman–Crippen LogP) is 3.19. The van der Waals surface area contributed by atoms with Gasteiger partial charge in [-0.3, -0.25) is 9.59 Å². The summed E-state index contributed by atoms with van der Waals surface area (Å²) >= 11 is 0. The molecular formula is C20H24N4O3. The Kier molecular flexibility index (Phi) is 6.35. The van der Waals surface area contributed by atoms with Gasteiger partial charge in [0.05, 0.1) is 7.11 Å². The van der Waals surface area contributed by atoms with Gasteiger partial charge in [0.25, 0.3) is 11.8 Å². The SMILES string of the molecule is COc1ccc(C(=O)Nc2nccnc2C(=O)NC2CCCCCC2)cc1. The van der Waals surface area contributed by atoms with Crippen LogP contribution in [0.5, 0.6) is 5.75 Å². The van der Waals surface area contributed by atoms with Crippen molar-refractivity contribution < 1.29 is 14.3 Å². The Labute approximate surface area is 158 Å². The number of aromatic nitrogens is 2. The molecule has 0 radical (unpaired) electrons. The van der Waals surface area contributed by atoms with Crippen LogP contribution in [0.25, 0.3) is 0 Å². The van der Waals surface area contributed by atoms with Crippen molar-refractivity contribution in [2.24, 2.45) is 0 Å². The number of methoxy groups -OCH3 is 1. The molecule has 1 aliphatic rings. The summed E-state index contributed by atoms with van der Waals surface area (Å²) in [5.41, 5.74) is 0.570. The van der Waals surface area contributed by atoms with Crippen LogP contribution in [0.4, 0.5) is 5.82 Å². The minimum absolute atomic E-state index is 0.128. The second-order valence-electron chi connectivity index (χ2n) is 6.60. The predicted molar refractivity (Wildman–Crippen MR) is 102 cm³/mol. The number of ether oxygens (including phenoxy) is 1. The van der Waals surface area contributed by atoms with E-state index in [0.29, 0.717) is 11.3 Å². The van der Waals surface area contributed by atoms with Crippen molar-refractivity contribution in [1.29, 1.82) is 0 Å². The van der Waals surface area contributed by atoms with E-state index >= 15 is 0 Å². The molecule has 1 saturated carbocycles. The summed E-state index contributed by atoms with van der Waals surface area (Å²) in [7, 11) is 1.56. The molecule has 0 saturated heterocycles. The van der Waals surface area contributed by atoms with Gasteiger partial charge >= 0.3 is 0 Å². The number of hydrogen-bond acceptors (Lipinski definition) is 5. The topological polar surface area (TPSA) is 93.2 Å². The van der Waals surface area contributed by atoms with Crippen molar-refractivity contribution >= 4 is 17.6 Å². The lowest BCUT2D eigenvalue weighted by molar-refractivity contribution is 0.0929. The van der Waals surface area contributed by atoms with Crippen molar-refractivity contribution in [3.8, 4) is 5.75 Å². The van der Waals surface area contributed by atoms with E-state index in [4.69, 9.17) is 4.74 Å². The summed E-state index contributed by atoms with van der Waals surface area (Å²) in [6, 6.07) is 6.84. The molecule has 1 aromatic carbocycles. The molecule has 1 aromatic heterocycles. The van der Waals surface area contributed by atoms with Crippen LogP contribution < -0.4 is 15.4 Å². The van der Waals surface area contributed by atoms with Crippen LogP contribution in [0.15, 0.2) is 36.7 Å². The fourth-order valence-corrected chi connectivity index (χ4v) is 3.20. The Bertz CT molecular complexity index is 784. The van der Waals surface area contributed by atoms with Crippen molar-refractivity contribution in [3.63, 3.8) is 0 Å². The maximum Gasteiger partial charge on any atom is 0.273 e. The van der Waals surface area contributed by atoms with Gasteiger partial charge in [-0.1, -0.05) is 25.7 Å². The Balaban J connectivity index is 1.70. The number of amides is 2. The van der Waals surface area contributed by atoms with Gasteiger partial charge in [0.2, 0.25) is 0 Å². The van der Waals surface area contributed by atoms with Gasteiger partial charge in [-0.05, 0) is 37.1 Å². The second kappa shape index (κ2) is 9.12. The van der Waals surface area contributed by atoms with Crippen molar-refractivity contribution in [1.82, 2.24) is 15.3 Å². The number of nitrogens with zero attached hydrogens (tertiary/aromatic N) is 2. The molecule has 2 amide bonds. The van der Waals surface area contributed by atoms with E-state index in [1.807, 2.05) is 0 Å². The third-order valence-electron chi connectivity index (χ3n) is 4.69. The summed E-state index contributed by atoms with van der Waals surface area (Å²) in [6.07, 6.45) is 9.50. The van der Waals surface area contributed by atoms with Crippen LogP contribution in [0, 0.1) is 0 Å². The van der Waals surface area contributed by atoms with Gasteiger partial charge in [-0.25, -0.2) is 9.97 Å². The summed E-state index contributed by atoms with van der Waals surface area (Å²) in [5, 5.41) is 5.71. The van der Waals surface area contributed by atoms with Crippen LogP contribution in [0.3, 0.4) is 0 Å². The Morgan fingerprint density at radius 3 is 2.30 bits per heavy atom. The number of hydrogen-bond donors (Lipinski definition) is 2. The molecule has 0 spiro atoms. The quantitative estimate of drug-likeness (QED) is 0.791. The molecule has 0 bridgehead atoms. The average Bonchev–Trinajstić information content (AvgIpc) is 2.97. The lowest BCUT2D eigenvalue weighted by Crippen LogP contribution is -2.35. The molecule has 1 fully saturated rings. The Morgan fingerprint density at radius 2 is 1.63 bits per heavy atom. The molecule has 7 heteroatoms. The zero-order valence-corrected chi connectivity index (χ0v) is 15.4. The molecule has 2 N–H and O–H groups in total. The van der Waals surface area contributed by atoms with E-state index < -0.39 is 0 Å². The van der Waals surface area contributed by atoms with Gasteiger partial charge in [-0.2, -0.15) is 0 Å². The van der Waals surface area contributed by atoms with Gasteiger partial charge < -0.3 is 15.4 Å². The van der Waals surface area contributed by atoms with E-state index in [1.54, 1.807) is 31.4 Å². The summed E-state index contributed by atoms with van der Waals surface area (Å²) in [6.45, 7) is 0. The first-order valence-electron chi connectivity index (χ1n) is 9.24. The van der Waals surface area contributed by atoms with Gasteiger partial charge in [0, 0.05) is 24.0 Å². The van der Waals surface area contributed by atoms with Crippen molar-refractivity contribution in [2.75, 3.05) is 12.4 Å². The number of benzene rings is 1. The van der Waals surface area contributed by atoms with Crippen LogP contribution >= 0.6 is 0 Å². The van der Waals surface area contributed by atoms with E-state index in [1.165, 1.54) is 25.2 Å². The molecule has 3 rings (SSSR count). The number of carbonyl (C=O) groups is 2. The minimum atomic E-state index is -0.360. The standard InChI is InChI=1S/C20H24N4O3/c1-27-16-10-8-14(9-11-16)19(25)24-18-17(21-12-13-22-18)20(26)23-15-6-4-2-3-5-7-15/h8-13,15H,2-7H2,1H3,(H,23,26)(H,22,24,25). The van der Waals surface area contributed by atoms with Crippen LogP contribution in [-0.2, 0) is 0 Å². The van der Waals surface area contributed by atoms with E-state index in [-0.39, 0.29) is 29.4 Å². The Morgan fingerprint density at radius 1 is 0.963 bits per heavy atom. The largest absolute Gasteiger partial charge is 0.497 e. The summed E-state index contributed by atoms with van der Waals surface area (Å²) in [5.74, 6) is 0.153. The first-order chi connectivity index (χ1) is 13.2. The third kappa shape index (κ3) is 5.03. The minimum Gasteiger partial charge on any atom is -0.497 e. The number of rotatable bonds is 5. The van der Waals surface area contributed by atoms with Crippen molar-refractivity contribution in [2.45, 2.75) is 44.6 Å². The van der Waals surface area contributed by atoms with Gasteiger partial charge in [0.1, 0.15) is 5.75 Å². The first kappa shape index (κ1) is 18.8. The monoisotopic (exact) mass is 368 g/mol. The fraction of sp³-hybridized carbons (Fsp3) is 0.400. The van der Waals surface area contributed by atoms with Crippen LogP contribution in [0.1, 0.15) is 59.4 Å². The molecule has 27 heavy (non-hydrogen) atoms. The third-order valence-corrected chi connectivity index (χ3v) is 4.69. The van der Waals surface area contributed by atoms with Gasteiger partial charge in [-0.15, -0.1) is 0 Å². The highest BCUT2D eigenvalue weighted by Gasteiger charge is 2.21. The lowest BCUT2D eigenvalue weighted by atomic mass is 10.1. The smallest absolute Gasteiger partial charge is 0.273 e. The highest BCUT2D eigenvalue weighted by Crippen LogP contribution is 2.19. The van der Waals surface area contributed by atoms with E-state index in [9.17, 15) is 9.59 Å². The van der Waals surface area contributed by atoms with E-state index in [0.717, 1.165) is 25.7 Å². The molecule has 1 aliphatic carbocycles. The van der Waals surface area contributed by atoms with Crippen LogP contribution in [-0.4, -0.2) is 34.9 Å². The molecule has 2 aromatic rings. The zero-order valence-electron chi connectivity index (χ0n) is 15.4. The summed E-state index contributed by atoms with van der Waals surface area (Å²) in [4.78, 5) is 33.4. The maximum atomic E-state index is 12.7. The van der Waals surface area contributed by atoms with Crippen molar-refractivity contribution in [3.05, 3.63) is 47.9 Å². The Hall–Kier alpha value is -2.96. The normalized spacial score (nSPS) is 14.9. The number of nitrogens with one attached hydrogen (secondary N) is 2. The van der Waals surface area contributed by atoms with Gasteiger partial charge in [0.15, 0.2) is 11.5 Å². The molecule has 0 unspecified atom stereocenters. The number of anilines is 1. The molecule has 0 atom stereocenters. The fourth-order valence-electron chi connectivity index (χ4n) is 3.20. The molecule has 1 heterocycles. The lowest BCUT2D eigenvalue weighted by Gasteiger charge is -2.16. The average molecular weight is 368 g/mol. The van der Waals surface area contributed by atoms with Crippen LogP contribution in [0.2, 0.25) is 0 Å². The molecule has 0 aliphatic heterocycles. The molecule has 142 valence electrons. The first-order valence-corrected chi connectivity index (χ1v) is 9.24. The number of carbonyl (C=O) groups excluding carboxylic acids is 2. The summed E-state index contributed by atoms with van der Waals surface area (Å²) < 4.78 is 5.09. The highest BCUT2D eigenvalue weighted by atomic mass is 16.5. The maximum absolute atomic E-state index is 12.7. The second-order valence-corrected chi connectivity index (χ2v) is 6.60.